The average Bonchev–Trinajstić information content (AvgIpc) is 2.64. The number of nitrogens with one attached hydrogen (secondary N) is 2. The van der Waals surface area contributed by atoms with Crippen molar-refractivity contribution < 1.29 is 14.0 Å². The Hall–Kier alpha value is -2.34. The lowest BCUT2D eigenvalue weighted by molar-refractivity contribution is -0.123. The Labute approximate surface area is 163 Å². The number of aryl methyl sites for hydroxylation is 1. The molecule has 2 amide bonds. The Morgan fingerprint density at radius 3 is 2.26 bits per heavy atom. The molecule has 0 radical (unpaired) electrons. The lowest BCUT2D eigenvalue weighted by atomic mass is 10.0. The highest BCUT2D eigenvalue weighted by Crippen LogP contribution is 2.17. The van der Waals surface area contributed by atoms with Crippen molar-refractivity contribution in [3.63, 3.8) is 0 Å². The quantitative estimate of drug-likeness (QED) is 0.534. The second kappa shape index (κ2) is 10.1. The van der Waals surface area contributed by atoms with Crippen LogP contribution in [0, 0.1) is 18.7 Å². The van der Waals surface area contributed by atoms with E-state index in [2.05, 4.69) is 34.9 Å². The third-order valence-corrected chi connectivity index (χ3v) is 5.05. The predicted molar refractivity (Wildman–Crippen MR) is 107 cm³/mol. The molecule has 4 nitrogen and oxygen atoms in total. The zero-order valence-corrected chi connectivity index (χ0v) is 16.6. The van der Waals surface area contributed by atoms with Crippen molar-refractivity contribution in [3.8, 4) is 0 Å². The molecule has 2 aromatic rings. The molecular formula is C21H25FN2O2S. The van der Waals surface area contributed by atoms with Crippen LogP contribution >= 0.6 is 11.8 Å². The fourth-order valence-corrected chi connectivity index (χ4v) is 3.22. The molecule has 27 heavy (non-hydrogen) atoms. The van der Waals surface area contributed by atoms with E-state index in [-0.39, 0.29) is 11.8 Å². The van der Waals surface area contributed by atoms with Gasteiger partial charge in [0.15, 0.2) is 0 Å². The molecule has 2 aromatic carbocycles. The van der Waals surface area contributed by atoms with Gasteiger partial charge in [0.05, 0.1) is 0 Å². The van der Waals surface area contributed by atoms with E-state index in [9.17, 15) is 14.0 Å². The monoisotopic (exact) mass is 388 g/mol. The molecule has 0 spiro atoms. The van der Waals surface area contributed by atoms with E-state index in [0.29, 0.717) is 12.1 Å². The Morgan fingerprint density at radius 2 is 1.67 bits per heavy atom. The summed E-state index contributed by atoms with van der Waals surface area (Å²) in [5.74, 6) is -0.344. The van der Waals surface area contributed by atoms with Crippen LogP contribution in [0.15, 0.2) is 53.4 Å². The number of hydrogen-bond acceptors (Lipinski definition) is 3. The third kappa shape index (κ3) is 6.71. The van der Waals surface area contributed by atoms with E-state index in [0.717, 1.165) is 10.6 Å². The summed E-state index contributed by atoms with van der Waals surface area (Å²) in [6.07, 6.45) is 0. The van der Waals surface area contributed by atoms with Gasteiger partial charge in [0.2, 0.25) is 5.91 Å². The molecule has 0 aliphatic heterocycles. The summed E-state index contributed by atoms with van der Waals surface area (Å²) in [5.41, 5.74) is 1.54. The van der Waals surface area contributed by atoms with E-state index in [4.69, 9.17) is 0 Å². The van der Waals surface area contributed by atoms with E-state index >= 15 is 0 Å². The summed E-state index contributed by atoms with van der Waals surface area (Å²) >= 11 is 1.67. The Bertz CT molecular complexity index is 761. The standard InChI is InChI=1S/C21H25FN2O2S/c1-14(2)19(24-20(25)16-6-8-17(22)9-7-16)21(26)23-12-13-27-18-10-4-15(3)5-11-18/h4-11,14,19H,12-13H2,1-3H3,(H,23,26)(H,24,25). The van der Waals surface area contributed by atoms with Gasteiger partial charge in [-0.1, -0.05) is 31.5 Å². The zero-order chi connectivity index (χ0) is 19.8. The summed E-state index contributed by atoms with van der Waals surface area (Å²) in [6, 6.07) is 12.8. The van der Waals surface area contributed by atoms with Gasteiger partial charge in [-0.15, -0.1) is 11.8 Å². The van der Waals surface area contributed by atoms with Crippen LogP contribution in [0.2, 0.25) is 0 Å². The minimum Gasteiger partial charge on any atom is -0.353 e. The second-order valence-corrected chi connectivity index (χ2v) is 7.82. The molecule has 2 N–H and O–H groups in total. The van der Waals surface area contributed by atoms with Crippen molar-refractivity contribution in [2.75, 3.05) is 12.3 Å². The molecule has 0 bridgehead atoms. The van der Waals surface area contributed by atoms with Crippen molar-refractivity contribution >= 4 is 23.6 Å². The third-order valence-electron chi connectivity index (χ3n) is 4.03. The summed E-state index contributed by atoms with van der Waals surface area (Å²) < 4.78 is 13.0. The van der Waals surface area contributed by atoms with Gasteiger partial charge in [0, 0.05) is 22.8 Å². The van der Waals surface area contributed by atoms with Crippen molar-refractivity contribution in [2.24, 2.45) is 5.92 Å². The van der Waals surface area contributed by atoms with Gasteiger partial charge in [-0.25, -0.2) is 4.39 Å². The second-order valence-electron chi connectivity index (χ2n) is 6.65. The minimum absolute atomic E-state index is 0.0702. The molecule has 1 atom stereocenters. The number of hydrogen-bond donors (Lipinski definition) is 2. The average molecular weight is 389 g/mol. The Balaban J connectivity index is 1.84. The fraction of sp³-hybridized carbons (Fsp3) is 0.333. The molecule has 0 saturated carbocycles. The van der Waals surface area contributed by atoms with Gasteiger partial charge in [0.1, 0.15) is 11.9 Å². The van der Waals surface area contributed by atoms with E-state index in [1.165, 1.54) is 29.8 Å². The normalized spacial score (nSPS) is 11.9. The molecule has 0 heterocycles. The molecule has 0 saturated heterocycles. The zero-order valence-electron chi connectivity index (χ0n) is 15.8. The number of thioether (sulfide) groups is 1. The Morgan fingerprint density at radius 1 is 1.04 bits per heavy atom. The van der Waals surface area contributed by atoms with Crippen LogP contribution in [0.4, 0.5) is 4.39 Å². The maximum absolute atomic E-state index is 13.0. The molecule has 1 unspecified atom stereocenters. The van der Waals surface area contributed by atoms with Gasteiger partial charge in [-0.05, 0) is 49.2 Å². The van der Waals surface area contributed by atoms with Gasteiger partial charge < -0.3 is 10.6 Å². The molecule has 0 aliphatic rings. The summed E-state index contributed by atoms with van der Waals surface area (Å²) in [5, 5.41) is 5.61. The highest BCUT2D eigenvalue weighted by atomic mass is 32.2. The van der Waals surface area contributed by atoms with E-state index in [1.807, 2.05) is 20.8 Å². The van der Waals surface area contributed by atoms with Crippen molar-refractivity contribution in [3.05, 3.63) is 65.5 Å². The van der Waals surface area contributed by atoms with Gasteiger partial charge in [0.25, 0.3) is 5.91 Å². The first-order valence-corrected chi connectivity index (χ1v) is 9.89. The summed E-state index contributed by atoms with van der Waals surface area (Å²) in [7, 11) is 0. The lowest BCUT2D eigenvalue weighted by Gasteiger charge is -2.21. The SMILES string of the molecule is Cc1ccc(SCCNC(=O)C(NC(=O)c2ccc(F)cc2)C(C)C)cc1. The van der Waals surface area contributed by atoms with Crippen LogP contribution in [0.3, 0.4) is 0 Å². The predicted octanol–water partition coefficient (Wildman–Crippen LogP) is 3.80. The summed E-state index contributed by atoms with van der Waals surface area (Å²) in [6.45, 7) is 6.29. The highest BCUT2D eigenvalue weighted by molar-refractivity contribution is 7.99. The number of carbonyl (C=O) groups is 2. The molecule has 0 fully saturated rings. The first kappa shape index (κ1) is 21.0. The molecule has 0 aliphatic carbocycles. The number of amides is 2. The van der Waals surface area contributed by atoms with Crippen LogP contribution in [0.5, 0.6) is 0 Å². The molecular weight excluding hydrogens is 363 g/mol. The van der Waals surface area contributed by atoms with Crippen LogP contribution in [0.1, 0.15) is 29.8 Å². The first-order valence-electron chi connectivity index (χ1n) is 8.90. The van der Waals surface area contributed by atoms with Crippen LogP contribution < -0.4 is 10.6 Å². The van der Waals surface area contributed by atoms with E-state index < -0.39 is 17.8 Å². The summed E-state index contributed by atoms with van der Waals surface area (Å²) in [4.78, 5) is 25.9. The molecule has 0 aromatic heterocycles. The number of rotatable bonds is 8. The van der Waals surface area contributed by atoms with Crippen LogP contribution in [-0.4, -0.2) is 30.2 Å². The number of carbonyl (C=O) groups excluding carboxylic acids is 2. The number of halogens is 1. The van der Waals surface area contributed by atoms with Gasteiger partial charge in [-0.3, -0.25) is 9.59 Å². The maximum Gasteiger partial charge on any atom is 0.251 e. The van der Waals surface area contributed by atoms with Crippen molar-refractivity contribution in [1.82, 2.24) is 10.6 Å². The van der Waals surface area contributed by atoms with Crippen LogP contribution in [-0.2, 0) is 4.79 Å². The smallest absolute Gasteiger partial charge is 0.251 e. The lowest BCUT2D eigenvalue weighted by Crippen LogP contribution is -2.50. The Kier molecular flexibility index (Phi) is 7.85. The van der Waals surface area contributed by atoms with E-state index in [1.54, 1.807) is 11.8 Å². The maximum atomic E-state index is 13.0. The molecule has 6 heteroatoms. The topological polar surface area (TPSA) is 58.2 Å². The number of benzene rings is 2. The largest absolute Gasteiger partial charge is 0.353 e. The van der Waals surface area contributed by atoms with Crippen molar-refractivity contribution in [1.29, 1.82) is 0 Å². The highest BCUT2D eigenvalue weighted by Gasteiger charge is 2.24. The molecule has 2 rings (SSSR count). The van der Waals surface area contributed by atoms with Crippen molar-refractivity contribution in [2.45, 2.75) is 31.7 Å². The van der Waals surface area contributed by atoms with Crippen LogP contribution in [0.25, 0.3) is 0 Å². The fourth-order valence-electron chi connectivity index (χ4n) is 2.45. The minimum atomic E-state index is -0.646. The van der Waals surface area contributed by atoms with Gasteiger partial charge in [-0.2, -0.15) is 0 Å². The molecule has 144 valence electrons. The first-order chi connectivity index (χ1) is 12.9. The van der Waals surface area contributed by atoms with Gasteiger partial charge >= 0.3 is 0 Å².